The molecule has 2 atom stereocenters. The van der Waals surface area contributed by atoms with Crippen molar-refractivity contribution in [3.63, 3.8) is 0 Å². The molecule has 6 nitrogen and oxygen atoms in total. The van der Waals surface area contributed by atoms with E-state index in [1.165, 1.54) is 0 Å². The second-order valence-electron chi connectivity index (χ2n) is 11.5. The van der Waals surface area contributed by atoms with Crippen LogP contribution in [0.1, 0.15) is 69.3 Å². The summed E-state index contributed by atoms with van der Waals surface area (Å²) < 4.78 is 39.0. The number of Topliss-reactive ketones (excluding diaryl/α,β-unsaturated/α-hetero) is 1. The number of piperidine rings is 2. The first-order valence-electron chi connectivity index (χ1n) is 14.3. The molecule has 0 bridgehead atoms. The molecule has 3 aliphatic rings. The highest BCUT2D eigenvalue weighted by molar-refractivity contribution is 5.99. The first kappa shape index (κ1) is 27.4. The molecule has 3 heterocycles. The standard InChI is InChI=1S/C32H33F3N4O2/c33-32(34,35)23-7-9-24(10-8-23)39-17-13-31(14-18-39)12-16-36-20-26(31)29(40)22-5-4-21-6-11-27(25(21)19-22)38-30(41)28-3-1-2-15-37-28/h1-5,7-10,15,19,26-27,36H,6,11-14,16-18,20H2,(H,38,41). The van der Waals surface area contributed by atoms with Crippen LogP contribution in [-0.4, -0.2) is 42.9 Å². The van der Waals surface area contributed by atoms with Crippen LogP contribution in [0.25, 0.3) is 0 Å². The summed E-state index contributed by atoms with van der Waals surface area (Å²) in [6, 6.07) is 16.3. The lowest BCUT2D eigenvalue weighted by Gasteiger charge is -2.49. The Morgan fingerprint density at radius 2 is 1.78 bits per heavy atom. The zero-order valence-electron chi connectivity index (χ0n) is 22.7. The van der Waals surface area contributed by atoms with Crippen LogP contribution in [0.15, 0.2) is 66.9 Å². The Kier molecular flexibility index (Phi) is 7.32. The van der Waals surface area contributed by atoms with Gasteiger partial charge in [0.05, 0.1) is 11.6 Å². The Balaban J connectivity index is 1.17. The van der Waals surface area contributed by atoms with Gasteiger partial charge in [0.15, 0.2) is 5.78 Å². The molecule has 2 fully saturated rings. The molecule has 1 spiro atoms. The van der Waals surface area contributed by atoms with E-state index in [2.05, 4.69) is 20.5 Å². The number of carbonyl (C=O) groups excluding carboxylic acids is 2. The molecule has 9 heteroatoms. The van der Waals surface area contributed by atoms with Gasteiger partial charge in [-0.3, -0.25) is 14.6 Å². The number of carbonyl (C=O) groups is 2. The van der Waals surface area contributed by atoms with Crippen molar-refractivity contribution < 1.29 is 22.8 Å². The maximum atomic E-state index is 14.0. The Morgan fingerprint density at radius 1 is 1.00 bits per heavy atom. The highest BCUT2D eigenvalue weighted by Crippen LogP contribution is 2.46. The van der Waals surface area contributed by atoms with Crippen LogP contribution in [0.4, 0.5) is 18.9 Å². The normalized spacial score (nSPS) is 21.9. The number of halogens is 3. The van der Waals surface area contributed by atoms with Gasteiger partial charge in [0.25, 0.3) is 5.91 Å². The van der Waals surface area contributed by atoms with Gasteiger partial charge < -0.3 is 15.5 Å². The molecule has 6 rings (SSSR count). The number of amides is 1. The topological polar surface area (TPSA) is 74.3 Å². The molecule has 2 saturated heterocycles. The first-order valence-corrected chi connectivity index (χ1v) is 14.3. The minimum atomic E-state index is -4.35. The zero-order valence-corrected chi connectivity index (χ0v) is 22.7. The van der Waals surface area contributed by atoms with Crippen molar-refractivity contribution in [2.75, 3.05) is 31.1 Å². The van der Waals surface area contributed by atoms with E-state index in [4.69, 9.17) is 0 Å². The highest BCUT2D eigenvalue weighted by atomic mass is 19.4. The molecular formula is C32H33F3N4O2. The van der Waals surface area contributed by atoms with Crippen LogP contribution >= 0.6 is 0 Å². The predicted octanol–water partition coefficient (Wildman–Crippen LogP) is 5.60. The minimum absolute atomic E-state index is 0.115. The van der Waals surface area contributed by atoms with Gasteiger partial charge in [-0.2, -0.15) is 13.2 Å². The van der Waals surface area contributed by atoms with Gasteiger partial charge >= 0.3 is 6.18 Å². The van der Waals surface area contributed by atoms with E-state index in [0.717, 1.165) is 67.6 Å². The number of nitrogens with zero attached hydrogens (tertiary/aromatic N) is 2. The number of aryl methyl sites for hydroxylation is 1. The number of benzene rings is 2. The van der Waals surface area contributed by atoms with Crippen LogP contribution in [0.3, 0.4) is 0 Å². The maximum Gasteiger partial charge on any atom is 0.416 e. The van der Waals surface area contributed by atoms with Crippen molar-refractivity contribution >= 4 is 17.4 Å². The summed E-state index contributed by atoms with van der Waals surface area (Å²) in [5.41, 5.74) is 3.15. The SMILES string of the molecule is O=C(NC1CCc2ccc(C(=O)C3CNCCC34CCN(c3ccc(C(F)(F)F)cc3)CC4)cc21)c1ccccn1. The van der Waals surface area contributed by atoms with E-state index < -0.39 is 11.7 Å². The van der Waals surface area contributed by atoms with Crippen LogP contribution in [0.2, 0.25) is 0 Å². The average Bonchev–Trinajstić information content (AvgIpc) is 3.39. The number of pyridine rings is 1. The van der Waals surface area contributed by atoms with Crippen LogP contribution in [0.5, 0.6) is 0 Å². The minimum Gasteiger partial charge on any atom is -0.371 e. The summed E-state index contributed by atoms with van der Waals surface area (Å²) >= 11 is 0. The Morgan fingerprint density at radius 3 is 2.49 bits per heavy atom. The number of nitrogens with one attached hydrogen (secondary N) is 2. The van der Waals surface area contributed by atoms with Crippen LogP contribution < -0.4 is 15.5 Å². The van der Waals surface area contributed by atoms with Gasteiger partial charge in [-0.25, -0.2) is 0 Å². The van der Waals surface area contributed by atoms with Crippen molar-refractivity contribution in [2.45, 2.75) is 44.3 Å². The van der Waals surface area contributed by atoms with Gasteiger partial charge in [0.2, 0.25) is 0 Å². The lowest BCUT2D eigenvalue weighted by Crippen LogP contribution is -2.53. The third-order valence-electron chi connectivity index (χ3n) is 9.23. The summed E-state index contributed by atoms with van der Waals surface area (Å²) in [4.78, 5) is 33.1. The average molecular weight is 563 g/mol. The molecule has 3 aromatic rings. The van der Waals surface area contributed by atoms with E-state index in [1.807, 2.05) is 18.2 Å². The highest BCUT2D eigenvalue weighted by Gasteiger charge is 2.46. The summed E-state index contributed by atoms with van der Waals surface area (Å²) in [5.74, 6) is -0.299. The van der Waals surface area contributed by atoms with Gasteiger partial charge in [-0.15, -0.1) is 0 Å². The zero-order chi connectivity index (χ0) is 28.6. The van der Waals surface area contributed by atoms with E-state index >= 15 is 0 Å². The molecule has 1 amide bonds. The van der Waals surface area contributed by atoms with E-state index in [9.17, 15) is 22.8 Å². The molecule has 2 unspecified atom stereocenters. The molecular weight excluding hydrogens is 529 g/mol. The largest absolute Gasteiger partial charge is 0.416 e. The van der Waals surface area contributed by atoms with Crippen molar-refractivity contribution in [2.24, 2.45) is 11.3 Å². The quantitative estimate of drug-likeness (QED) is 0.397. The van der Waals surface area contributed by atoms with Crippen molar-refractivity contribution in [1.29, 1.82) is 0 Å². The molecule has 2 N–H and O–H groups in total. The number of alkyl halides is 3. The first-order chi connectivity index (χ1) is 19.7. The van der Waals surface area contributed by atoms with Gasteiger partial charge in [-0.05, 0) is 97.7 Å². The van der Waals surface area contributed by atoms with Crippen molar-refractivity contribution in [3.05, 3.63) is 94.8 Å². The fourth-order valence-electron chi connectivity index (χ4n) is 6.85. The smallest absolute Gasteiger partial charge is 0.371 e. The fraction of sp³-hybridized carbons (Fsp3) is 0.406. The second kappa shape index (κ2) is 10.9. The molecule has 1 aromatic heterocycles. The third-order valence-corrected chi connectivity index (χ3v) is 9.23. The number of ketones is 1. The van der Waals surface area contributed by atoms with Crippen LogP contribution in [0, 0.1) is 11.3 Å². The summed E-state index contributed by atoms with van der Waals surface area (Å²) in [6.45, 7) is 2.84. The molecule has 0 radical (unpaired) electrons. The maximum absolute atomic E-state index is 14.0. The summed E-state index contributed by atoms with van der Waals surface area (Å²) in [7, 11) is 0. The molecule has 41 heavy (non-hydrogen) atoms. The van der Waals surface area contributed by atoms with E-state index in [0.29, 0.717) is 30.9 Å². The number of aromatic nitrogens is 1. The molecule has 214 valence electrons. The van der Waals surface area contributed by atoms with Gasteiger partial charge in [-0.1, -0.05) is 18.2 Å². The number of anilines is 1. The summed E-state index contributed by atoms with van der Waals surface area (Å²) in [5, 5.41) is 6.51. The van der Waals surface area contributed by atoms with Crippen LogP contribution in [-0.2, 0) is 12.6 Å². The Bertz CT molecular complexity index is 1420. The third kappa shape index (κ3) is 5.47. The fourth-order valence-corrected chi connectivity index (χ4v) is 6.85. The Labute approximate surface area is 237 Å². The second-order valence-corrected chi connectivity index (χ2v) is 11.5. The van der Waals surface area contributed by atoms with Crippen molar-refractivity contribution in [3.8, 4) is 0 Å². The van der Waals surface area contributed by atoms with Gasteiger partial charge in [0.1, 0.15) is 5.69 Å². The molecule has 0 saturated carbocycles. The lowest BCUT2D eigenvalue weighted by atomic mass is 9.62. The molecule has 1 aliphatic carbocycles. The van der Waals surface area contributed by atoms with Gasteiger partial charge in [0, 0.05) is 43.0 Å². The molecule has 2 aliphatic heterocycles. The summed E-state index contributed by atoms with van der Waals surface area (Å²) in [6.07, 6.45) is 1.36. The predicted molar refractivity (Wildman–Crippen MR) is 150 cm³/mol. The van der Waals surface area contributed by atoms with E-state index in [1.54, 1.807) is 36.5 Å². The van der Waals surface area contributed by atoms with Crippen molar-refractivity contribution in [1.82, 2.24) is 15.6 Å². The lowest BCUT2D eigenvalue weighted by molar-refractivity contribution is -0.137. The number of hydrogen-bond donors (Lipinski definition) is 2. The molecule has 2 aromatic carbocycles. The number of fused-ring (bicyclic) bond motifs is 1. The Hall–Kier alpha value is -3.72. The number of hydrogen-bond acceptors (Lipinski definition) is 5. The monoisotopic (exact) mass is 562 g/mol. The van der Waals surface area contributed by atoms with E-state index in [-0.39, 0.29) is 29.1 Å². The number of rotatable bonds is 5.